The van der Waals surface area contributed by atoms with E-state index >= 15 is 0 Å². The van der Waals surface area contributed by atoms with Crippen LogP contribution < -0.4 is 5.32 Å². The number of hydrogen-bond donors (Lipinski definition) is 2. The number of aliphatic hydroxyl groups excluding tert-OH is 1. The van der Waals surface area contributed by atoms with Crippen LogP contribution in [0.15, 0.2) is 22.1 Å². The van der Waals surface area contributed by atoms with Crippen LogP contribution in [0.3, 0.4) is 0 Å². The van der Waals surface area contributed by atoms with Crippen LogP contribution >= 0.6 is 0 Å². The van der Waals surface area contributed by atoms with Gasteiger partial charge in [0.1, 0.15) is 17.9 Å². The molecule has 0 fully saturated rings. The molecule has 3 aliphatic heterocycles. The fourth-order valence-corrected chi connectivity index (χ4v) is 3.35. The van der Waals surface area contributed by atoms with E-state index in [0.717, 1.165) is 37.5 Å². The number of amidine groups is 2. The zero-order chi connectivity index (χ0) is 13.5. The van der Waals surface area contributed by atoms with Crippen molar-refractivity contribution in [2.45, 2.75) is 50.9 Å². The number of nitrogens with zero attached hydrogens (tertiary/aromatic N) is 3. The molecule has 3 rings (SSSR count). The summed E-state index contributed by atoms with van der Waals surface area (Å²) in [4.78, 5) is 11.7. The fraction of sp³-hybridized carbons (Fsp3) is 0.714. The molecule has 0 saturated heterocycles. The number of unbranched alkanes of at least 4 members (excludes halogenated alkanes) is 1. The summed E-state index contributed by atoms with van der Waals surface area (Å²) < 4.78 is 0. The van der Waals surface area contributed by atoms with Crippen molar-refractivity contribution in [2.24, 2.45) is 9.98 Å². The Bertz CT molecular complexity index is 456. The van der Waals surface area contributed by atoms with Crippen molar-refractivity contribution in [2.75, 3.05) is 13.2 Å². The van der Waals surface area contributed by atoms with Gasteiger partial charge in [-0.3, -0.25) is 9.98 Å². The van der Waals surface area contributed by atoms with Gasteiger partial charge in [0.05, 0.1) is 12.4 Å². The average Bonchev–Trinajstić information content (AvgIpc) is 2.96. The maximum absolute atomic E-state index is 9.64. The Balaban J connectivity index is 1.95. The lowest BCUT2D eigenvalue weighted by atomic mass is 9.92. The lowest BCUT2D eigenvalue weighted by molar-refractivity contribution is 0.145. The van der Waals surface area contributed by atoms with Crippen LogP contribution in [0.25, 0.3) is 0 Å². The van der Waals surface area contributed by atoms with Gasteiger partial charge in [-0.2, -0.15) is 0 Å². The van der Waals surface area contributed by atoms with Crippen LogP contribution in [-0.4, -0.2) is 52.6 Å². The van der Waals surface area contributed by atoms with E-state index in [1.807, 2.05) is 6.92 Å². The number of nitrogens with one attached hydrogen (secondary N) is 1. The lowest BCUT2D eigenvalue weighted by Crippen LogP contribution is -2.66. The highest BCUT2D eigenvalue weighted by Crippen LogP contribution is 2.37. The Hall–Kier alpha value is -1.36. The van der Waals surface area contributed by atoms with Crippen molar-refractivity contribution < 1.29 is 5.11 Å². The predicted octanol–water partition coefficient (Wildman–Crippen LogP) is 0.908. The Morgan fingerprint density at radius 1 is 1.53 bits per heavy atom. The van der Waals surface area contributed by atoms with E-state index in [9.17, 15) is 5.11 Å². The van der Waals surface area contributed by atoms with Gasteiger partial charge in [-0.05, 0) is 19.4 Å². The molecule has 0 aromatic rings. The Labute approximate surface area is 114 Å². The molecule has 5 nitrogen and oxygen atoms in total. The summed E-state index contributed by atoms with van der Waals surface area (Å²) in [5.41, 5.74) is -0.275. The molecular weight excluding hydrogens is 240 g/mol. The predicted molar refractivity (Wildman–Crippen MR) is 76.4 cm³/mol. The molecule has 3 heterocycles. The largest absolute Gasteiger partial charge is 0.394 e. The van der Waals surface area contributed by atoms with Crippen LogP contribution in [0.5, 0.6) is 0 Å². The monoisotopic (exact) mass is 262 g/mol. The second-order valence-corrected chi connectivity index (χ2v) is 5.52. The molecule has 3 atom stereocenters. The minimum absolute atomic E-state index is 0.0124. The molecule has 1 spiro atoms. The van der Waals surface area contributed by atoms with Crippen molar-refractivity contribution in [3.63, 3.8) is 0 Å². The van der Waals surface area contributed by atoms with Gasteiger partial charge in [-0.15, -0.1) is 0 Å². The van der Waals surface area contributed by atoms with Crippen LogP contribution in [-0.2, 0) is 0 Å². The molecule has 3 unspecified atom stereocenters. The van der Waals surface area contributed by atoms with Crippen LogP contribution in [0, 0.1) is 0 Å². The van der Waals surface area contributed by atoms with Gasteiger partial charge in [0.2, 0.25) is 0 Å². The molecular formula is C14H22N4O. The first-order valence-electron chi connectivity index (χ1n) is 7.16. The first kappa shape index (κ1) is 12.7. The van der Waals surface area contributed by atoms with Crippen LogP contribution in [0.1, 0.15) is 33.1 Å². The molecule has 2 N–H and O–H groups in total. The van der Waals surface area contributed by atoms with Gasteiger partial charge in [0.15, 0.2) is 5.66 Å². The third-order valence-electron chi connectivity index (χ3n) is 4.20. The van der Waals surface area contributed by atoms with Crippen molar-refractivity contribution in [3.8, 4) is 0 Å². The summed E-state index contributed by atoms with van der Waals surface area (Å²) in [5, 5.41) is 13.1. The van der Waals surface area contributed by atoms with Crippen molar-refractivity contribution in [1.82, 2.24) is 10.2 Å². The van der Waals surface area contributed by atoms with Crippen LogP contribution in [0.4, 0.5) is 0 Å². The molecule has 19 heavy (non-hydrogen) atoms. The smallest absolute Gasteiger partial charge is 0.157 e. The minimum atomic E-state index is -0.275. The molecule has 0 aromatic carbocycles. The van der Waals surface area contributed by atoms with Crippen molar-refractivity contribution >= 4 is 11.7 Å². The van der Waals surface area contributed by atoms with Crippen molar-refractivity contribution in [3.05, 3.63) is 12.2 Å². The van der Waals surface area contributed by atoms with Crippen LogP contribution in [0.2, 0.25) is 0 Å². The van der Waals surface area contributed by atoms with Gasteiger partial charge < -0.3 is 15.3 Å². The molecule has 0 radical (unpaired) electrons. The molecule has 0 bridgehead atoms. The number of aliphatic hydroxyl groups is 1. The number of aliphatic imine (C=N–C) groups is 2. The van der Waals surface area contributed by atoms with E-state index in [-0.39, 0.29) is 24.4 Å². The van der Waals surface area contributed by atoms with Gasteiger partial charge in [0, 0.05) is 13.0 Å². The fourth-order valence-electron chi connectivity index (χ4n) is 3.35. The van der Waals surface area contributed by atoms with E-state index in [1.165, 1.54) is 0 Å². The first-order valence-corrected chi connectivity index (χ1v) is 7.16. The molecule has 104 valence electrons. The molecule has 0 saturated carbocycles. The Morgan fingerprint density at radius 2 is 2.37 bits per heavy atom. The summed E-state index contributed by atoms with van der Waals surface area (Å²) in [6, 6.07) is -0.141. The van der Waals surface area contributed by atoms with Gasteiger partial charge in [-0.25, -0.2) is 0 Å². The summed E-state index contributed by atoms with van der Waals surface area (Å²) in [6.45, 7) is 5.11. The second kappa shape index (κ2) is 4.63. The number of rotatable bonds is 4. The quantitative estimate of drug-likeness (QED) is 0.740. The lowest BCUT2D eigenvalue weighted by Gasteiger charge is -2.46. The number of hydrogen-bond acceptors (Lipinski definition) is 5. The van der Waals surface area contributed by atoms with E-state index in [2.05, 4.69) is 34.3 Å². The zero-order valence-corrected chi connectivity index (χ0v) is 11.6. The average molecular weight is 262 g/mol. The van der Waals surface area contributed by atoms with Gasteiger partial charge >= 0.3 is 0 Å². The Kier molecular flexibility index (Phi) is 3.09. The zero-order valence-electron chi connectivity index (χ0n) is 11.6. The normalized spacial score (nSPS) is 35.6. The summed E-state index contributed by atoms with van der Waals surface area (Å²) in [7, 11) is 0. The van der Waals surface area contributed by atoms with E-state index < -0.39 is 0 Å². The Morgan fingerprint density at radius 3 is 3.11 bits per heavy atom. The van der Waals surface area contributed by atoms with E-state index in [1.54, 1.807) is 0 Å². The topological polar surface area (TPSA) is 60.2 Å². The summed E-state index contributed by atoms with van der Waals surface area (Å²) in [5.74, 6) is 2.05. The highest BCUT2D eigenvalue weighted by molar-refractivity contribution is 5.90. The third-order valence-corrected chi connectivity index (χ3v) is 4.20. The molecule has 5 heteroatoms. The maximum atomic E-state index is 9.64. The van der Waals surface area contributed by atoms with Crippen molar-refractivity contribution in [1.29, 1.82) is 0 Å². The molecule has 0 aliphatic carbocycles. The molecule has 3 aliphatic rings. The van der Waals surface area contributed by atoms with E-state index in [0.29, 0.717) is 0 Å². The molecule has 0 amide bonds. The first-order chi connectivity index (χ1) is 9.21. The van der Waals surface area contributed by atoms with E-state index in [4.69, 9.17) is 4.99 Å². The standard InChI is InChI=1S/C14H22N4O/c1-3-4-6-12-16-11(9-19)13-14(17-10(2)15-13)7-5-8-18(12)14/h5,7,11,13,19H,3-4,6,8-9H2,1-2H3,(H,15,17). The second-order valence-electron chi connectivity index (χ2n) is 5.52. The maximum Gasteiger partial charge on any atom is 0.157 e. The minimum Gasteiger partial charge on any atom is -0.394 e. The SMILES string of the molecule is CCCCC1=NC(CO)C2N=C(C)NC23C=CCN13. The molecule has 0 aromatic heterocycles. The van der Waals surface area contributed by atoms with Gasteiger partial charge in [-0.1, -0.05) is 19.4 Å². The summed E-state index contributed by atoms with van der Waals surface area (Å²) in [6.07, 6.45) is 7.64. The van der Waals surface area contributed by atoms with Gasteiger partial charge in [0.25, 0.3) is 0 Å². The summed E-state index contributed by atoms with van der Waals surface area (Å²) >= 11 is 0. The highest BCUT2D eigenvalue weighted by Gasteiger charge is 2.54. The third kappa shape index (κ3) is 1.79. The highest BCUT2D eigenvalue weighted by atomic mass is 16.3.